The van der Waals surface area contributed by atoms with Crippen LogP contribution in [-0.4, -0.2) is 23.2 Å². The van der Waals surface area contributed by atoms with Crippen molar-refractivity contribution in [1.82, 2.24) is 9.55 Å². The molecule has 4 nitrogen and oxygen atoms in total. The first kappa shape index (κ1) is 14.4. The number of aromatic nitrogens is 2. The number of hydrogen-bond acceptors (Lipinski definition) is 3. The number of rotatable bonds is 4. The largest absolute Gasteiger partial charge is 0.463 e. The Hall–Kier alpha value is -2.04. The lowest BCUT2D eigenvalue weighted by Gasteiger charge is -2.26. The summed E-state index contributed by atoms with van der Waals surface area (Å²) in [5.74, 6) is 0.572. The lowest BCUT2D eigenvalue weighted by Crippen LogP contribution is -2.33. The molecule has 0 aliphatic rings. The zero-order valence-electron chi connectivity index (χ0n) is 11.9. The van der Waals surface area contributed by atoms with Crippen LogP contribution in [0.15, 0.2) is 43.0 Å². The highest BCUT2D eigenvalue weighted by Crippen LogP contribution is 2.26. The van der Waals surface area contributed by atoms with Crippen LogP contribution in [0.4, 0.5) is 0 Å². The first-order valence-electron chi connectivity index (χ1n) is 6.42. The van der Waals surface area contributed by atoms with Gasteiger partial charge in [-0.25, -0.2) is 4.98 Å². The van der Waals surface area contributed by atoms with E-state index in [-0.39, 0.29) is 5.78 Å². The molecule has 102 valence electrons. The molecule has 2 radical (unpaired) electrons. The number of Topliss-reactive ketones (excluding diaryl/α,β-unsaturated/α-hetero) is 1. The minimum atomic E-state index is -0.735. The summed E-state index contributed by atoms with van der Waals surface area (Å²) in [5, 5.41) is 0. The first-order valence-corrected chi connectivity index (χ1v) is 6.42. The normalized spacial score (nSPS) is 12.9. The third kappa shape index (κ3) is 3.29. The zero-order valence-corrected chi connectivity index (χ0v) is 11.9. The highest BCUT2D eigenvalue weighted by molar-refractivity contribution is 6.32. The lowest BCUT2D eigenvalue weighted by molar-refractivity contribution is -0.137. The smallest absolute Gasteiger partial charge is 0.236 e. The summed E-state index contributed by atoms with van der Waals surface area (Å²) in [5.41, 5.74) is 0.140. The van der Waals surface area contributed by atoms with Gasteiger partial charge in [-0.1, -0.05) is 38.4 Å². The van der Waals surface area contributed by atoms with Crippen molar-refractivity contribution in [3.8, 4) is 5.75 Å². The van der Waals surface area contributed by atoms with Crippen LogP contribution in [0.2, 0.25) is 0 Å². The van der Waals surface area contributed by atoms with E-state index in [0.717, 1.165) is 0 Å². The van der Waals surface area contributed by atoms with E-state index in [2.05, 4.69) is 4.98 Å². The van der Waals surface area contributed by atoms with E-state index in [1.54, 1.807) is 47.6 Å². The minimum absolute atomic E-state index is 0.0210. The van der Waals surface area contributed by atoms with Crippen molar-refractivity contribution in [1.29, 1.82) is 0 Å². The van der Waals surface area contributed by atoms with Crippen molar-refractivity contribution in [2.45, 2.75) is 27.0 Å². The molecule has 1 heterocycles. The monoisotopic (exact) mass is 268 g/mol. The predicted molar refractivity (Wildman–Crippen MR) is 78.2 cm³/mol. The van der Waals surface area contributed by atoms with Crippen molar-refractivity contribution in [3.05, 3.63) is 43.0 Å². The quantitative estimate of drug-likeness (QED) is 0.795. The van der Waals surface area contributed by atoms with Gasteiger partial charge in [0.2, 0.25) is 6.23 Å². The average Bonchev–Trinajstić information content (AvgIpc) is 2.90. The fourth-order valence-corrected chi connectivity index (χ4v) is 1.70. The van der Waals surface area contributed by atoms with Gasteiger partial charge in [-0.3, -0.25) is 9.36 Å². The van der Waals surface area contributed by atoms with E-state index in [4.69, 9.17) is 12.6 Å². The summed E-state index contributed by atoms with van der Waals surface area (Å²) in [6, 6.07) is 6.97. The highest BCUT2D eigenvalue weighted by atomic mass is 16.5. The molecule has 1 atom stereocenters. The van der Waals surface area contributed by atoms with Crippen molar-refractivity contribution < 1.29 is 9.53 Å². The third-order valence-electron chi connectivity index (χ3n) is 2.89. The molecule has 2 rings (SSSR count). The molecule has 2 aromatic rings. The van der Waals surface area contributed by atoms with E-state index in [9.17, 15) is 4.79 Å². The molecule has 1 aromatic carbocycles. The molecule has 0 bridgehead atoms. The van der Waals surface area contributed by atoms with Crippen LogP contribution >= 0.6 is 0 Å². The Labute approximate surface area is 120 Å². The van der Waals surface area contributed by atoms with Gasteiger partial charge in [-0.05, 0) is 12.1 Å². The van der Waals surface area contributed by atoms with Crippen LogP contribution in [-0.2, 0) is 4.79 Å². The third-order valence-corrected chi connectivity index (χ3v) is 2.89. The Morgan fingerprint density at radius 2 is 1.95 bits per heavy atom. The fraction of sp³-hybridized carbons (Fsp3) is 0.333. The second-order valence-corrected chi connectivity index (χ2v) is 5.66. The summed E-state index contributed by atoms with van der Waals surface area (Å²) in [4.78, 5) is 16.5. The van der Waals surface area contributed by atoms with E-state index < -0.39 is 11.6 Å². The number of nitrogens with zero attached hydrogens (tertiary/aromatic N) is 2. The summed E-state index contributed by atoms with van der Waals surface area (Å²) in [6.45, 7) is 5.60. The molecule has 1 aromatic heterocycles. The molecule has 0 fully saturated rings. The first-order chi connectivity index (χ1) is 9.38. The Balaban J connectivity index is 2.28. The molecule has 0 amide bonds. The number of hydrogen-bond donors (Lipinski definition) is 0. The number of ether oxygens (including phenoxy) is 1. The summed E-state index contributed by atoms with van der Waals surface area (Å²) in [7, 11) is 5.64. The Morgan fingerprint density at radius 1 is 1.30 bits per heavy atom. The van der Waals surface area contributed by atoms with Gasteiger partial charge in [0.05, 0.1) is 6.33 Å². The van der Waals surface area contributed by atoms with Crippen molar-refractivity contribution in [2.75, 3.05) is 0 Å². The minimum Gasteiger partial charge on any atom is -0.463 e. The Bertz CT molecular complexity index is 571. The number of benzene rings is 1. The van der Waals surface area contributed by atoms with Gasteiger partial charge >= 0.3 is 0 Å². The predicted octanol–water partition coefficient (Wildman–Crippen LogP) is 1.87. The van der Waals surface area contributed by atoms with E-state index in [0.29, 0.717) is 11.2 Å². The molecule has 1 unspecified atom stereocenters. The van der Waals surface area contributed by atoms with Crippen molar-refractivity contribution >= 4 is 19.1 Å². The number of ketones is 1. The molecule has 5 heteroatoms. The van der Waals surface area contributed by atoms with Crippen molar-refractivity contribution in [2.24, 2.45) is 5.41 Å². The van der Waals surface area contributed by atoms with Gasteiger partial charge < -0.3 is 4.74 Å². The van der Waals surface area contributed by atoms with Crippen LogP contribution in [0.1, 0.15) is 27.0 Å². The summed E-state index contributed by atoms with van der Waals surface area (Å²) >= 11 is 0. The second-order valence-electron chi connectivity index (χ2n) is 5.66. The van der Waals surface area contributed by atoms with Gasteiger partial charge in [0.15, 0.2) is 5.78 Å². The average molecular weight is 268 g/mol. The number of carbonyl (C=O) groups is 1. The maximum Gasteiger partial charge on any atom is 0.236 e. The second kappa shape index (κ2) is 5.53. The molecule has 0 N–H and O–H groups in total. The lowest BCUT2D eigenvalue weighted by atomic mass is 9.89. The van der Waals surface area contributed by atoms with E-state index >= 15 is 0 Å². The van der Waals surface area contributed by atoms with Crippen molar-refractivity contribution in [3.63, 3.8) is 0 Å². The molecule has 0 saturated carbocycles. The highest BCUT2D eigenvalue weighted by Gasteiger charge is 2.32. The molecule has 0 aliphatic heterocycles. The maximum atomic E-state index is 12.5. The van der Waals surface area contributed by atoms with Gasteiger partial charge in [-0.15, -0.1) is 0 Å². The Morgan fingerprint density at radius 3 is 2.45 bits per heavy atom. The van der Waals surface area contributed by atoms with Crippen LogP contribution in [0.25, 0.3) is 0 Å². The molecule has 0 saturated heterocycles. The molecule has 20 heavy (non-hydrogen) atoms. The van der Waals surface area contributed by atoms with E-state index in [1.165, 1.54) is 0 Å². The molecule has 0 aliphatic carbocycles. The van der Waals surface area contributed by atoms with Gasteiger partial charge in [0, 0.05) is 17.8 Å². The molecule has 0 spiro atoms. The number of carbonyl (C=O) groups excluding carboxylic acids is 1. The Kier molecular flexibility index (Phi) is 3.97. The molecular weight excluding hydrogens is 251 g/mol. The van der Waals surface area contributed by atoms with Gasteiger partial charge in [0.1, 0.15) is 13.6 Å². The van der Waals surface area contributed by atoms with Gasteiger partial charge in [0.25, 0.3) is 0 Å². The van der Waals surface area contributed by atoms with Crippen LogP contribution in [0.5, 0.6) is 5.75 Å². The maximum absolute atomic E-state index is 12.5. The summed E-state index contributed by atoms with van der Waals surface area (Å²) < 4.78 is 7.48. The summed E-state index contributed by atoms with van der Waals surface area (Å²) in [6.07, 6.45) is 4.17. The van der Waals surface area contributed by atoms with Crippen LogP contribution in [0.3, 0.4) is 0 Å². The number of imidazole rings is 1. The topological polar surface area (TPSA) is 44.1 Å². The fourth-order valence-electron chi connectivity index (χ4n) is 1.70. The standard InChI is InChI=1S/C15H17BN2O2/c1-15(2,3)13(19)14(18-9-8-17-10-18)20-12-6-4-11(16)5-7-12/h4-10,14H,1-3H3. The molecular formula is C15H17BN2O2. The van der Waals surface area contributed by atoms with Gasteiger partial charge in [-0.2, -0.15) is 0 Å². The van der Waals surface area contributed by atoms with E-state index in [1.807, 2.05) is 20.8 Å². The SMILES string of the molecule is [B]c1ccc(OC(C(=O)C(C)(C)C)n2ccnc2)cc1. The van der Waals surface area contributed by atoms with Crippen LogP contribution in [0, 0.1) is 5.41 Å². The van der Waals surface area contributed by atoms with Crippen LogP contribution < -0.4 is 10.2 Å². The zero-order chi connectivity index (χ0) is 14.8.